The highest BCUT2D eigenvalue weighted by Gasteiger charge is 2.81. The fraction of sp³-hybridized carbons (Fsp3) is 0.875. The molecule has 6 heteroatoms. The van der Waals surface area contributed by atoms with E-state index >= 15 is 0 Å². The van der Waals surface area contributed by atoms with Gasteiger partial charge in [0.2, 0.25) is 0 Å². The highest BCUT2D eigenvalue weighted by atomic mass is 16.6. The number of ether oxygens (including phenoxy) is 3. The maximum Gasteiger partial charge on any atom is 0.420 e. The van der Waals surface area contributed by atoms with Crippen molar-refractivity contribution in [2.45, 2.75) is 83.3 Å². The molecule has 1 saturated heterocycles. The Morgan fingerprint density at radius 1 is 1.05 bits per heavy atom. The maximum atomic E-state index is 12.5. The molecule has 0 N–H and O–H groups in total. The number of amides is 2. The molecule has 22 heavy (non-hydrogen) atoms. The summed E-state index contributed by atoms with van der Waals surface area (Å²) < 4.78 is 16.5. The first-order chi connectivity index (χ1) is 9.93. The first kappa shape index (κ1) is 15.6. The average Bonchev–Trinajstić information content (AvgIpc) is 3.11. The number of carbonyl (C=O) groups excluding carboxylic acids is 2. The first-order valence-corrected chi connectivity index (χ1v) is 7.86. The predicted molar refractivity (Wildman–Crippen MR) is 78.4 cm³/mol. The zero-order valence-corrected chi connectivity index (χ0v) is 14.1. The molecule has 2 saturated carbocycles. The first-order valence-electron chi connectivity index (χ1n) is 7.86. The second kappa shape index (κ2) is 4.37. The van der Waals surface area contributed by atoms with E-state index < -0.39 is 23.4 Å². The molecule has 1 heterocycles. The van der Waals surface area contributed by atoms with Crippen molar-refractivity contribution in [3.05, 3.63) is 0 Å². The number of hydrogen-bond donors (Lipinski definition) is 0. The molecular weight excluding hydrogens is 286 g/mol. The normalized spacial score (nSPS) is 35.3. The van der Waals surface area contributed by atoms with Crippen LogP contribution in [0.4, 0.5) is 9.59 Å². The molecule has 0 bridgehead atoms. The summed E-state index contributed by atoms with van der Waals surface area (Å²) in [6.07, 6.45) is 0.475. The minimum atomic E-state index is -0.666. The molecule has 4 unspecified atom stereocenters. The summed E-state index contributed by atoms with van der Waals surface area (Å²) in [4.78, 5) is 26.1. The highest BCUT2D eigenvalue weighted by molar-refractivity contribution is 5.89. The minimum Gasteiger partial charge on any atom is -0.443 e. The molecule has 2 aliphatic carbocycles. The Labute approximate surface area is 131 Å². The van der Waals surface area contributed by atoms with Crippen LogP contribution >= 0.6 is 0 Å². The van der Waals surface area contributed by atoms with Gasteiger partial charge in [0.25, 0.3) is 0 Å². The van der Waals surface area contributed by atoms with Gasteiger partial charge in [-0.25, -0.2) is 14.5 Å². The quantitative estimate of drug-likeness (QED) is 0.696. The van der Waals surface area contributed by atoms with Crippen LogP contribution in [-0.4, -0.2) is 46.0 Å². The van der Waals surface area contributed by atoms with Gasteiger partial charge >= 0.3 is 12.2 Å². The molecule has 1 aliphatic heterocycles. The molecule has 6 nitrogen and oxygen atoms in total. The monoisotopic (exact) mass is 311 g/mol. The van der Waals surface area contributed by atoms with Gasteiger partial charge in [0.15, 0.2) is 0 Å². The van der Waals surface area contributed by atoms with Crippen molar-refractivity contribution in [1.29, 1.82) is 0 Å². The van der Waals surface area contributed by atoms with Crippen LogP contribution < -0.4 is 0 Å². The van der Waals surface area contributed by atoms with Gasteiger partial charge in [0, 0.05) is 0 Å². The Morgan fingerprint density at radius 2 is 1.55 bits per heavy atom. The number of hydrogen-bond acceptors (Lipinski definition) is 5. The second-order valence-electron chi connectivity index (χ2n) is 8.53. The number of rotatable bonds is 1. The van der Waals surface area contributed by atoms with Crippen molar-refractivity contribution in [3.63, 3.8) is 0 Å². The third-order valence-electron chi connectivity index (χ3n) is 4.25. The van der Waals surface area contributed by atoms with Crippen molar-refractivity contribution >= 4 is 12.2 Å². The van der Waals surface area contributed by atoms with E-state index in [-0.39, 0.29) is 17.7 Å². The van der Waals surface area contributed by atoms with Crippen LogP contribution in [0.2, 0.25) is 0 Å². The van der Waals surface area contributed by atoms with Crippen molar-refractivity contribution < 1.29 is 23.8 Å². The molecule has 1 spiro atoms. The van der Waals surface area contributed by atoms with Crippen molar-refractivity contribution in [3.8, 4) is 0 Å². The average molecular weight is 311 g/mol. The van der Waals surface area contributed by atoms with Gasteiger partial charge in [-0.15, -0.1) is 0 Å². The smallest absolute Gasteiger partial charge is 0.420 e. The Hall–Kier alpha value is -1.30. The Bertz CT molecular complexity index is 490. The number of imide groups is 1. The molecular formula is C16H25NO5. The lowest BCUT2D eigenvalue weighted by Gasteiger charge is -2.32. The molecule has 2 amide bonds. The van der Waals surface area contributed by atoms with Crippen molar-refractivity contribution in [1.82, 2.24) is 4.90 Å². The van der Waals surface area contributed by atoms with Gasteiger partial charge in [-0.3, -0.25) is 0 Å². The molecule has 124 valence electrons. The van der Waals surface area contributed by atoms with E-state index in [0.717, 1.165) is 17.7 Å². The second-order valence-corrected chi connectivity index (χ2v) is 8.53. The van der Waals surface area contributed by atoms with E-state index in [2.05, 4.69) is 0 Å². The summed E-state index contributed by atoms with van der Waals surface area (Å²) in [6.45, 7) is 10.7. The topological polar surface area (TPSA) is 68.4 Å². The van der Waals surface area contributed by atoms with Gasteiger partial charge in [0.1, 0.15) is 22.9 Å². The molecule has 0 aromatic rings. The Balaban J connectivity index is 1.76. The summed E-state index contributed by atoms with van der Waals surface area (Å²) in [5.74, 6) is 0.467. The standard InChI is InChI=1S/C16H25NO5/c1-14(2,3)21-12(18)17(13(19)22-15(4,5)6)10-7-9-8-16(9)11(10)20-16/h9-11H,7-8H2,1-6H3. The van der Waals surface area contributed by atoms with E-state index in [4.69, 9.17) is 14.2 Å². The van der Waals surface area contributed by atoms with Crippen LogP contribution in [0.25, 0.3) is 0 Å². The summed E-state index contributed by atoms with van der Waals surface area (Å²) in [6, 6.07) is -0.275. The third kappa shape index (κ3) is 2.69. The SMILES string of the molecule is CC(C)(C)OC(=O)N(C(=O)OC(C)(C)C)C1CC2CC23OC13. The highest BCUT2D eigenvalue weighted by Crippen LogP contribution is 2.71. The van der Waals surface area contributed by atoms with Gasteiger partial charge in [0.05, 0.1) is 6.04 Å². The van der Waals surface area contributed by atoms with Crippen LogP contribution in [0, 0.1) is 5.92 Å². The fourth-order valence-electron chi connectivity index (χ4n) is 3.33. The molecule has 0 radical (unpaired) electrons. The zero-order valence-electron chi connectivity index (χ0n) is 14.1. The Kier molecular flexibility index (Phi) is 3.10. The lowest BCUT2D eigenvalue weighted by atomic mass is 10.1. The number of carbonyl (C=O) groups is 2. The van der Waals surface area contributed by atoms with E-state index in [9.17, 15) is 9.59 Å². The van der Waals surface area contributed by atoms with E-state index in [0.29, 0.717) is 5.92 Å². The van der Waals surface area contributed by atoms with Crippen LogP contribution in [0.5, 0.6) is 0 Å². The van der Waals surface area contributed by atoms with Crippen LogP contribution in [0.1, 0.15) is 54.4 Å². The maximum absolute atomic E-state index is 12.5. The van der Waals surface area contributed by atoms with Gasteiger partial charge < -0.3 is 14.2 Å². The van der Waals surface area contributed by atoms with E-state index in [1.165, 1.54) is 0 Å². The number of epoxide rings is 1. The van der Waals surface area contributed by atoms with E-state index in [1.807, 2.05) is 0 Å². The molecule has 3 fully saturated rings. The van der Waals surface area contributed by atoms with Gasteiger partial charge in [-0.05, 0) is 60.3 Å². The predicted octanol–water partition coefficient (Wildman–Crippen LogP) is 3.09. The molecule has 3 aliphatic rings. The van der Waals surface area contributed by atoms with Crippen molar-refractivity contribution in [2.24, 2.45) is 5.92 Å². The molecule has 4 atom stereocenters. The number of nitrogens with zero attached hydrogens (tertiary/aromatic N) is 1. The summed E-state index contributed by atoms with van der Waals surface area (Å²) in [5, 5.41) is 0. The van der Waals surface area contributed by atoms with Crippen molar-refractivity contribution in [2.75, 3.05) is 0 Å². The molecule has 0 aromatic carbocycles. The molecule has 3 rings (SSSR count). The van der Waals surface area contributed by atoms with Crippen LogP contribution in [-0.2, 0) is 14.2 Å². The van der Waals surface area contributed by atoms with Gasteiger partial charge in [-0.1, -0.05) is 0 Å². The summed E-state index contributed by atoms with van der Waals surface area (Å²) in [5.41, 5.74) is -1.38. The van der Waals surface area contributed by atoms with Gasteiger partial charge in [-0.2, -0.15) is 0 Å². The minimum absolute atomic E-state index is 0.0439. The molecule has 0 aromatic heterocycles. The third-order valence-corrected chi connectivity index (χ3v) is 4.25. The lowest BCUT2D eigenvalue weighted by molar-refractivity contribution is -0.0111. The summed E-state index contributed by atoms with van der Waals surface area (Å²) in [7, 11) is 0. The fourth-order valence-corrected chi connectivity index (χ4v) is 3.33. The summed E-state index contributed by atoms with van der Waals surface area (Å²) >= 11 is 0. The van der Waals surface area contributed by atoms with Crippen LogP contribution in [0.3, 0.4) is 0 Å². The lowest BCUT2D eigenvalue weighted by Crippen LogP contribution is -2.50. The van der Waals surface area contributed by atoms with Crippen LogP contribution in [0.15, 0.2) is 0 Å². The Morgan fingerprint density at radius 3 is 1.86 bits per heavy atom. The zero-order chi connectivity index (χ0) is 16.5. The van der Waals surface area contributed by atoms with E-state index in [1.54, 1.807) is 41.5 Å². The largest absolute Gasteiger partial charge is 0.443 e.